The number of fused-ring (bicyclic) bond motifs is 1. The maximum absolute atomic E-state index is 11.7. The molecule has 4 N–H and O–H groups in total. The van der Waals surface area contributed by atoms with E-state index in [2.05, 4.69) is 46.5 Å². The molecule has 1 aromatic carbocycles. The van der Waals surface area contributed by atoms with Crippen molar-refractivity contribution in [1.82, 2.24) is 15.3 Å². The summed E-state index contributed by atoms with van der Waals surface area (Å²) in [7, 11) is 0. The van der Waals surface area contributed by atoms with Gasteiger partial charge in [-0.15, -0.1) is 0 Å². The number of anilines is 3. The molecule has 1 saturated heterocycles. The Hall–Kier alpha value is -2.81. The number of benzene rings is 1. The van der Waals surface area contributed by atoms with E-state index in [1.165, 1.54) is 0 Å². The molecule has 1 amide bonds. The first-order valence-electron chi connectivity index (χ1n) is 11.3. The number of unbranched alkanes of at least 4 members (excludes halogenated alkanes) is 1. The molecule has 1 unspecified atom stereocenters. The molecule has 0 saturated carbocycles. The van der Waals surface area contributed by atoms with E-state index in [1.807, 2.05) is 26.8 Å². The van der Waals surface area contributed by atoms with Gasteiger partial charge in [-0.25, -0.2) is 14.8 Å². The standard InChI is InChI=1S/C23H36N6O3/c1-15-13-29(14-16(2)31-15)17-8-9-18-19(12-17)28-21(20(24)27-18)25-10-6-7-11-26-22(30)32-23(3,4)5/h8-9,12,15-16H,6-7,10-11,13-14H2,1-5H3,(H2,24,27)(H,25,28)(H,26,30)/t15-,16?/m0/s1. The van der Waals surface area contributed by atoms with Crippen molar-refractivity contribution in [2.45, 2.75) is 65.3 Å². The van der Waals surface area contributed by atoms with Gasteiger partial charge in [-0.05, 0) is 65.7 Å². The van der Waals surface area contributed by atoms with Gasteiger partial charge >= 0.3 is 6.09 Å². The second-order valence-corrected chi connectivity index (χ2v) is 9.36. The lowest BCUT2D eigenvalue weighted by molar-refractivity contribution is -0.00521. The van der Waals surface area contributed by atoms with Crippen LogP contribution in [0.15, 0.2) is 18.2 Å². The third-order valence-electron chi connectivity index (χ3n) is 5.02. The number of morpholine rings is 1. The van der Waals surface area contributed by atoms with E-state index in [1.54, 1.807) is 0 Å². The van der Waals surface area contributed by atoms with Crippen LogP contribution in [0.5, 0.6) is 0 Å². The van der Waals surface area contributed by atoms with Crippen LogP contribution in [0.4, 0.5) is 22.1 Å². The second-order valence-electron chi connectivity index (χ2n) is 9.36. The molecule has 1 aliphatic heterocycles. The fourth-order valence-electron chi connectivity index (χ4n) is 3.73. The van der Waals surface area contributed by atoms with Crippen LogP contribution in [-0.4, -0.2) is 60.0 Å². The van der Waals surface area contributed by atoms with Gasteiger partial charge in [0.05, 0.1) is 23.2 Å². The number of aromatic nitrogens is 2. The van der Waals surface area contributed by atoms with Gasteiger partial charge < -0.3 is 30.7 Å². The maximum Gasteiger partial charge on any atom is 0.407 e. The smallest absolute Gasteiger partial charge is 0.407 e. The van der Waals surface area contributed by atoms with Crippen molar-refractivity contribution in [1.29, 1.82) is 0 Å². The highest BCUT2D eigenvalue weighted by molar-refractivity contribution is 5.83. The number of hydrogen-bond acceptors (Lipinski definition) is 8. The number of nitrogens with zero attached hydrogens (tertiary/aromatic N) is 3. The number of hydrogen-bond donors (Lipinski definition) is 3. The molecule has 2 heterocycles. The Kier molecular flexibility index (Phi) is 7.60. The molecular weight excluding hydrogens is 408 g/mol. The lowest BCUT2D eigenvalue weighted by Crippen LogP contribution is -2.45. The summed E-state index contributed by atoms with van der Waals surface area (Å²) in [5, 5.41) is 6.03. The molecule has 2 aromatic rings. The monoisotopic (exact) mass is 444 g/mol. The van der Waals surface area contributed by atoms with Crippen molar-refractivity contribution >= 4 is 34.4 Å². The normalized spacial score (nSPS) is 19.1. The van der Waals surface area contributed by atoms with Crippen molar-refractivity contribution in [3.05, 3.63) is 18.2 Å². The minimum Gasteiger partial charge on any atom is -0.444 e. The highest BCUT2D eigenvalue weighted by atomic mass is 16.6. The SMILES string of the molecule is CC1CN(c2ccc3nc(N)c(NCCCCNC(=O)OC(C)(C)C)nc3c2)C[C@H](C)O1. The first kappa shape index (κ1) is 23.8. The summed E-state index contributed by atoms with van der Waals surface area (Å²) >= 11 is 0. The Morgan fingerprint density at radius 2 is 1.84 bits per heavy atom. The van der Waals surface area contributed by atoms with Crippen LogP contribution in [0.25, 0.3) is 11.0 Å². The van der Waals surface area contributed by atoms with E-state index in [4.69, 9.17) is 20.2 Å². The molecule has 176 valence electrons. The van der Waals surface area contributed by atoms with Crippen LogP contribution in [0.1, 0.15) is 47.5 Å². The minimum absolute atomic E-state index is 0.189. The van der Waals surface area contributed by atoms with Crippen molar-refractivity contribution in [3.8, 4) is 0 Å². The number of rotatable bonds is 7. The molecule has 9 heteroatoms. The summed E-state index contributed by atoms with van der Waals surface area (Å²) in [5.74, 6) is 0.962. The highest BCUT2D eigenvalue weighted by Crippen LogP contribution is 2.26. The van der Waals surface area contributed by atoms with Gasteiger partial charge in [0.1, 0.15) is 5.60 Å². The molecule has 0 aliphatic carbocycles. The van der Waals surface area contributed by atoms with Crippen LogP contribution < -0.4 is 21.3 Å². The van der Waals surface area contributed by atoms with E-state index in [-0.39, 0.29) is 12.2 Å². The predicted octanol–water partition coefficient (Wildman–Crippen LogP) is 3.54. The molecular formula is C23H36N6O3. The quantitative estimate of drug-likeness (QED) is 0.556. The molecule has 1 aromatic heterocycles. The Balaban J connectivity index is 1.54. The molecule has 1 aliphatic rings. The molecule has 0 bridgehead atoms. The molecule has 0 radical (unpaired) electrons. The van der Waals surface area contributed by atoms with E-state index in [9.17, 15) is 4.79 Å². The molecule has 1 fully saturated rings. The number of carbonyl (C=O) groups is 1. The molecule has 3 rings (SSSR count). The average molecular weight is 445 g/mol. The topological polar surface area (TPSA) is 115 Å². The predicted molar refractivity (Wildman–Crippen MR) is 128 cm³/mol. The maximum atomic E-state index is 11.7. The Labute approximate surface area is 190 Å². The lowest BCUT2D eigenvalue weighted by Gasteiger charge is -2.36. The van der Waals surface area contributed by atoms with Gasteiger partial charge in [0, 0.05) is 31.9 Å². The van der Waals surface area contributed by atoms with Gasteiger partial charge in [-0.3, -0.25) is 0 Å². The number of ether oxygens (including phenoxy) is 2. The summed E-state index contributed by atoms with van der Waals surface area (Å²) in [6.45, 7) is 12.6. The van der Waals surface area contributed by atoms with E-state index < -0.39 is 11.7 Å². The number of alkyl carbamates (subject to hydrolysis) is 1. The van der Waals surface area contributed by atoms with Crippen molar-refractivity contribution in [2.75, 3.05) is 42.1 Å². The zero-order valence-corrected chi connectivity index (χ0v) is 19.8. The van der Waals surface area contributed by atoms with Crippen LogP contribution in [-0.2, 0) is 9.47 Å². The Morgan fingerprint density at radius 1 is 1.16 bits per heavy atom. The molecule has 2 atom stereocenters. The number of carbonyl (C=O) groups excluding carboxylic acids is 1. The third-order valence-corrected chi connectivity index (χ3v) is 5.02. The van der Waals surface area contributed by atoms with Crippen molar-refractivity contribution in [2.24, 2.45) is 0 Å². The van der Waals surface area contributed by atoms with E-state index in [0.717, 1.165) is 42.7 Å². The minimum atomic E-state index is -0.490. The van der Waals surface area contributed by atoms with E-state index >= 15 is 0 Å². The number of nitrogens with one attached hydrogen (secondary N) is 2. The van der Waals surface area contributed by atoms with Gasteiger partial charge in [-0.2, -0.15) is 0 Å². The summed E-state index contributed by atoms with van der Waals surface area (Å²) < 4.78 is 11.1. The van der Waals surface area contributed by atoms with Gasteiger partial charge in [-0.1, -0.05) is 0 Å². The van der Waals surface area contributed by atoms with Crippen LogP contribution in [0.2, 0.25) is 0 Å². The second kappa shape index (κ2) is 10.2. The first-order chi connectivity index (χ1) is 15.1. The summed E-state index contributed by atoms with van der Waals surface area (Å²) in [5.41, 5.74) is 8.30. The largest absolute Gasteiger partial charge is 0.444 e. The Bertz CT molecular complexity index is 920. The van der Waals surface area contributed by atoms with Gasteiger partial charge in [0.25, 0.3) is 0 Å². The fraction of sp³-hybridized carbons (Fsp3) is 0.609. The highest BCUT2D eigenvalue weighted by Gasteiger charge is 2.22. The van der Waals surface area contributed by atoms with Crippen LogP contribution in [0, 0.1) is 0 Å². The molecule has 9 nitrogen and oxygen atoms in total. The zero-order chi connectivity index (χ0) is 23.3. The van der Waals surface area contributed by atoms with Crippen LogP contribution >= 0.6 is 0 Å². The lowest BCUT2D eigenvalue weighted by atomic mass is 10.2. The zero-order valence-electron chi connectivity index (χ0n) is 19.8. The number of amides is 1. The summed E-state index contributed by atoms with van der Waals surface area (Å²) in [6.07, 6.45) is 1.64. The third kappa shape index (κ3) is 6.85. The van der Waals surface area contributed by atoms with Gasteiger partial charge in [0.2, 0.25) is 0 Å². The van der Waals surface area contributed by atoms with E-state index in [0.29, 0.717) is 24.7 Å². The van der Waals surface area contributed by atoms with Gasteiger partial charge in [0.15, 0.2) is 11.6 Å². The van der Waals surface area contributed by atoms with Crippen LogP contribution in [0.3, 0.4) is 0 Å². The number of nitrogen functional groups attached to an aromatic ring is 1. The molecule has 32 heavy (non-hydrogen) atoms. The number of nitrogens with two attached hydrogens (primary N) is 1. The van der Waals surface area contributed by atoms with Crippen molar-refractivity contribution < 1.29 is 14.3 Å². The fourth-order valence-corrected chi connectivity index (χ4v) is 3.73. The van der Waals surface area contributed by atoms with Crippen molar-refractivity contribution in [3.63, 3.8) is 0 Å². The summed E-state index contributed by atoms with van der Waals surface area (Å²) in [6, 6.07) is 6.08. The molecule has 0 spiro atoms. The summed E-state index contributed by atoms with van der Waals surface area (Å²) in [4.78, 5) is 23.2. The Morgan fingerprint density at radius 3 is 2.53 bits per heavy atom. The average Bonchev–Trinajstić information content (AvgIpc) is 2.68. The first-order valence-corrected chi connectivity index (χ1v) is 11.3.